The number of aromatic nitrogens is 3. The molecule has 3 N–H and O–H groups in total. The average molecular weight is 939 g/mol. The van der Waals surface area contributed by atoms with Crippen molar-refractivity contribution in [3.63, 3.8) is 0 Å². The quantitative estimate of drug-likeness (QED) is 0.142. The maximum Gasteiger partial charge on any atom is 0.319 e. The molecule has 5 fully saturated rings. The van der Waals surface area contributed by atoms with Crippen molar-refractivity contribution >= 4 is 56.8 Å². The van der Waals surface area contributed by atoms with Gasteiger partial charge >= 0.3 is 6.01 Å². The zero-order valence-corrected chi connectivity index (χ0v) is 39.1. The fourth-order valence-corrected chi connectivity index (χ4v) is 11.3. The third-order valence-electron chi connectivity index (χ3n) is 15.4. The van der Waals surface area contributed by atoms with Crippen LogP contribution in [-0.4, -0.2) is 143 Å². The summed E-state index contributed by atoms with van der Waals surface area (Å²) in [4.78, 5) is 75.2. The van der Waals surface area contributed by atoms with Crippen molar-refractivity contribution in [1.29, 1.82) is 0 Å². The monoisotopic (exact) mass is 938 g/mol. The zero-order valence-electron chi connectivity index (χ0n) is 39.1. The van der Waals surface area contributed by atoms with Crippen LogP contribution in [0.1, 0.15) is 73.4 Å². The minimum atomic E-state index is -0.617. The number of pyridine rings is 1. The predicted octanol–water partition coefficient (Wildman–Crippen LogP) is 5.03. The second-order valence-corrected chi connectivity index (χ2v) is 20.0. The average Bonchev–Trinajstić information content (AvgIpc) is 4.09. The number of carbonyl (C=O) groups is 4. The summed E-state index contributed by atoms with van der Waals surface area (Å²) in [6, 6.07) is 14.6. The Morgan fingerprint density at radius 3 is 2.46 bits per heavy atom. The summed E-state index contributed by atoms with van der Waals surface area (Å²) >= 11 is 0. The molecule has 0 bridgehead atoms. The number of aromatic hydroxyl groups is 1. The molecule has 1 aliphatic carbocycles. The Kier molecular flexibility index (Phi) is 12.0. The summed E-state index contributed by atoms with van der Waals surface area (Å²) in [6.45, 7) is 12.0. The Hall–Kier alpha value is -6.46. The molecule has 17 heteroatoms. The van der Waals surface area contributed by atoms with E-state index in [-0.39, 0.29) is 58.9 Å². The number of imide groups is 1. The van der Waals surface area contributed by atoms with Crippen molar-refractivity contribution < 1.29 is 33.4 Å². The van der Waals surface area contributed by atoms with Crippen molar-refractivity contribution in [2.24, 2.45) is 11.3 Å². The number of carbonyl (C=O) groups excluding carboxylic acids is 4. The lowest BCUT2D eigenvalue weighted by molar-refractivity contribution is -0.137. The normalized spacial score (nSPS) is 21.4. The first-order chi connectivity index (χ1) is 33.5. The Labute approximate surface area is 400 Å². The van der Waals surface area contributed by atoms with Gasteiger partial charge in [-0.25, -0.2) is 4.39 Å². The first kappa shape index (κ1) is 45.0. The minimum absolute atomic E-state index is 0.0211. The second kappa shape index (κ2) is 18.5. The van der Waals surface area contributed by atoms with E-state index in [2.05, 4.69) is 36.4 Å². The van der Waals surface area contributed by atoms with Gasteiger partial charge in [0.2, 0.25) is 17.7 Å². The van der Waals surface area contributed by atoms with Crippen LogP contribution in [0.5, 0.6) is 11.8 Å². The largest absolute Gasteiger partial charge is 0.508 e. The number of phenols is 1. The Morgan fingerprint density at radius 1 is 0.855 bits per heavy atom. The van der Waals surface area contributed by atoms with Crippen LogP contribution in [0.3, 0.4) is 0 Å². The SMILES string of the molecule is CCc1cccc2cc(O)cc(-c3ncc4c(N5CCNC(=O)CC5)nc(OCC5(CN6CCC(CN7CCN(c8ccc9c(c8)CN([C@H]8CCC(=O)NC8=O)C9=O)CC7)CC6)CC5)nc4c3F)c12. The summed E-state index contributed by atoms with van der Waals surface area (Å²) in [5.41, 5.74) is 4.32. The van der Waals surface area contributed by atoms with Gasteiger partial charge in [-0.05, 0) is 110 Å². The van der Waals surface area contributed by atoms with Crippen molar-refractivity contribution in [1.82, 2.24) is 40.3 Å². The number of likely N-dealkylation sites (tertiary alicyclic amines) is 1. The number of piperidine rings is 2. The number of nitrogens with zero attached hydrogens (tertiary/aromatic N) is 8. The third-order valence-corrected chi connectivity index (χ3v) is 15.4. The fraction of sp³-hybridized carbons (Fsp3) is 0.481. The van der Waals surface area contributed by atoms with Gasteiger partial charge in [-0.1, -0.05) is 25.1 Å². The number of ether oxygens (including phenoxy) is 1. The van der Waals surface area contributed by atoms with Gasteiger partial charge in [0.05, 0.1) is 12.0 Å². The van der Waals surface area contributed by atoms with Crippen LogP contribution in [0.2, 0.25) is 0 Å². The number of hydrogen-bond acceptors (Lipinski definition) is 13. The van der Waals surface area contributed by atoms with Gasteiger partial charge in [-0.2, -0.15) is 9.97 Å². The lowest BCUT2D eigenvalue weighted by Gasteiger charge is -2.40. The molecule has 16 nitrogen and oxygen atoms in total. The number of fused-ring (bicyclic) bond motifs is 3. The number of anilines is 2. The van der Waals surface area contributed by atoms with Gasteiger partial charge in [-0.15, -0.1) is 0 Å². The maximum absolute atomic E-state index is 17.1. The predicted molar refractivity (Wildman–Crippen MR) is 259 cm³/mol. The molecule has 69 heavy (non-hydrogen) atoms. The standard InChI is InChI=1S/C52H59FN10O6/c1-2-33-4-3-5-34-25-37(64)26-39(44(33)34)46-45(53)47-40(27-55-46)48(62-18-12-42(65)54-15-19-62)58-51(57-47)69-31-52(13-14-52)30-60-16-10-32(11-17-60)28-59-20-22-61(23-21-59)36-6-7-38-35(24-36)29-63(50(38)68)41-8-9-43(66)56-49(41)67/h3-7,24-27,32,41,64H,2,8-23,28-31H2,1H3,(H,54,65)(H,56,66,67)/t41-/m0/s1. The highest BCUT2D eigenvalue weighted by Crippen LogP contribution is 2.47. The van der Waals surface area contributed by atoms with Crippen LogP contribution in [0.4, 0.5) is 15.9 Å². The molecule has 4 saturated heterocycles. The van der Waals surface area contributed by atoms with E-state index in [1.807, 2.05) is 42.2 Å². The second-order valence-electron chi connectivity index (χ2n) is 20.0. The van der Waals surface area contributed by atoms with Gasteiger partial charge < -0.3 is 34.8 Å². The smallest absolute Gasteiger partial charge is 0.319 e. The van der Waals surface area contributed by atoms with Crippen LogP contribution in [0.15, 0.2) is 54.7 Å². The Morgan fingerprint density at radius 2 is 1.68 bits per heavy atom. The minimum Gasteiger partial charge on any atom is -0.508 e. The van der Waals surface area contributed by atoms with Crippen LogP contribution in [0, 0.1) is 17.2 Å². The number of benzene rings is 3. The van der Waals surface area contributed by atoms with E-state index in [9.17, 15) is 24.3 Å². The third kappa shape index (κ3) is 9.02. The molecule has 0 spiro atoms. The van der Waals surface area contributed by atoms with Crippen LogP contribution in [-0.2, 0) is 27.3 Å². The lowest BCUT2D eigenvalue weighted by Crippen LogP contribution is -2.52. The van der Waals surface area contributed by atoms with Crippen molar-refractivity contribution in [3.8, 4) is 23.0 Å². The molecule has 0 unspecified atom stereocenters. The Balaban J connectivity index is 0.716. The van der Waals surface area contributed by atoms with E-state index < -0.39 is 17.8 Å². The first-order valence-corrected chi connectivity index (χ1v) is 24.7. The molecule has 6 aliphatic rings. The number of phenolic OH excluding ortho intramolecular Hbond substituents is 1. The maximum atomic E-state index is 17.1. The molecule has 5 aliphatic heterocycles. The number of rotatable bonds is 12. The molecular formula is C52H59FN10O6. The van der Waals surface area contributed by atoms with Crippen LogP contribution < -0.4 is 25.2 Å². The summed E-state index contributed by atoms with van der Waals surface area (Å²) in [7, 11) is 0. The van der Waals surface area contributed by atoms with Gasteiger partial charge in [0.25, 0.3) is 5.91 Å². The van der Waals surface area contributed by atoms with Gasteiger partial charge in [-0.3, -0.25) is 34.4 Å². The summed E-state index contributed by atoms with van der Waals surface area (Å²) < 4.78 is 23.6. The van der Waals surface area contributed by atoms with E-state index in [1.54, 1.807) is 23.2 Å². The van der Waals surface area contributed by atoms with E-state index in [0.29, 0.717) is 67.5 Å². The number of nitrogens with one attached hydrogen (secondary N) is 2. The molecule has 2 aromatic heterocycles. The van der Waals surface area contributed by atoms with Gasteiger partial charge in [0.15, 0.2) is 5.82 Å². The van der Waals surface area contributed by atoms with Crippen LogP contribution >= 0.6 is 0 Å². The highest BCUT2D eigenvalue weighted by atomic mass is 19.1. The molecule has 7 heterocycles. The topological polar surface area (TPSA) is 177 Å². The van der Waals surface area contributed by atoms with Crippen molar-refractivity contribution in [2.45, 2.75) is 70.9 Å². The Bertz CT molecular complexity index is 2860. The molecule has 360 valence electrons. The number of halogens is 1. The highest BCUT2D eigenvalue weighted by Gasteiger charge is 2.46. The molecule has 4 amide bonds. The summed E-state index contributed by atoms with van der Waals surface area (Å²) in [6.07, 6.45) is 7.52. The number of amides is 4. The molecule has 1 atom stereocenters. The van der Waals surface area contributed by atoms with E-state index >= 15 is 4.39 Å². The van der Waals surface area contributed by atoms with Crippen LogP contribution in [0.25, 0.3) is 32.9 Å². The van der Waals surface area contributed by atoms with Gasteiger partial charge in [0, 0.05) is 107 Å². The first-order valence-electron chi connectivity index (χ1n) is 24.7. The van der Waals surface area contributed by atoms with E-state index in [4.69, 9.17) is 14.7 Å². The van der Waals surface area contributed by atoms with Gasteiger partial charge in [0.1, 0.15) is 28.8 Å². The zero-order chi connectivity index (χ0) is 47.4. The number of hydrogen-bond donors (Lipinski definition) is 3. The summed E-state index contributed by atoms with van der Waals surface area (Å²) in [5, 5.41) is 18.1. The molecule has 0 radical (unpaired) electrons. The molecule has 11 rings (SSSR count). The number of piperazine rings is 1. The molecule has 3 aromatic carbocycles. The fourth-order valence-electron chi connectivity index (χ4n) is 11.3. The van der Waals surface area contributed by atoms with E-state index in [0.717, 1.165) is 112 Å². The molecule has 5 aromatic rings. The number of aryl methyl sites for hydroxylation is 1. The molecule has 1 saturated carbocycles. The van der Waals surface area contributed by atoms with Crippen molar-refractivity contribution in [3.05, 3.63) is 77.2 Å². The summed E-state index contributed by atoms with van der Waals surface area (Å²) in [5.74, 6) is -0.361. The van der Waals surface area contributed by atoms with E-state index in [1.165, 1.54) is 0 Å². The molecular weight excluding hydrogens is 880 g/mol. The lowest BCUT2D eigenvalue weighted by atomic mass is 9.94. The highest BCUT2D eigenvalue weighted by molar-refractivity contribution is 6.06. The van der Waals surface area contributed by atoms with Crippen molar-refractivity contribution in [2.75, 3.05) is 88.4 Å².